The molecule has 4 rings (SSSR count). The zero-order valence-corrected chi connectivity index (χ0v) is 22.2. The first-order chi connectivity index (χ1) is 17.8. The van der Waals surface area contributed by atoms with Crippen molar-refractivity contribution in [2.24, 2.45) is 5.84 Å². The number of nitrogens with zero attached hydrogens (tertiary/aromatic N) is 4. The topological polar surface area (TPSA) is 116 Å². The van der Waals surface area contributed by atoms with Crippen molar-refractivity contribution in [3.63, 3.8) is 0 Å². The van der Waals surface area contributed by atoms with Gasteiger partial charge in [-0.1, -0.05) is 17.7 Å². The Morgan fingerprint density at radius 1 is 1.35 bits per heavy atom. The van der Waals surface area contributed by atoms with Gasteiger partial charge >= 0.3 is 0 Å². The number of likely N-dealkylation sites (N-methyl/N-ethyl adjacent to an activating group) is 1. The number of aromatic nitrogens is 1. The van der Waals surface area contributed by atoms with Crippen LogP contribution in [-0.4, -0.2) is 72.8 Å². The first-order valence-electron chi connectivity index (χ1n) is 12.4. The number of halogens is 1. The predicted octanol–water partition coefficient (Wildman–Crippen LogP) is 2.74. The molecule has 1 aromatic carbocycles. The van der Waals surface area contributed by atoms with Gasteiger partial charge < -0.3 is 25.2 Å². The van der Waals surface area contributed by atoms with Crippen LogP contribution in [0.2, 0.25) is 5.02 Å². The molecule has 0 saturated carbocycles. The van der Waals surface area contributed by atoms with E-state index in [1.54, 1.807) is 37.6 Å². The number of carbonyl (C=O) groups is 2. The lowest BCUT2D eigenvalue weighted by Gasteiger charge is -2.39. The molecule has 2 amide bonds. The van der Waals surface area contributed by atoms with E-state index in [-0.39, 0.29) is 17.9 Å². The molecular weight excluding hydrogens is 494 g/mol. The van der Waals surface area contributed by atoms with E-state index in [1.165, 1.54) is 5.01 Å². The van der Waals surface area contributed by atoms with Crippen LogP contribution in [0, 0.1) is 6.92 Å². The van der Waals surface area contributed by atoms with Gasteiger partial charge in [0.1, 0.15) is 10.8 Å². The molecule has 4 N–H and O–H groups in total. The lowest BCUT2D eigenvalue weighted by molar-refractivity contribution is -0.126. The van der Waals surface area contributed by atoms with Crippen LogP contribution in [0.25, 0.3) is 0 Å². The van der Waals surface area contributed by atoms with Crippen molar-refractivity contribution in [3.05, 3.63) is 58.9 Å². The molecule has 1 aromatic heterocycles. The van der Waals surface area contributed by atoms with E-state index in [1.807, 2.05) is 35.9 Å². The molecule has 1 fully saturated rings. The minimum absolute atomic E-state index is 0.0456. The van der Waals surface area contributed by atoms with E-state index in [0.717, 1.165) is 30.6 Å². The number of aryl methyl sites for hydroxylation is 1. The number of hydrazine groups is 1. The molecule has 0 aliphatic carbocycles. The zero-order chi connectivity index (χ0) is 26.5. The molecule has 0 spiro atoms. The van der Waals surface area contributed by atoms with Gasteiger partial charge in [-0.15, -0.1) is 0 Å². The van der Waals surface area contributed by atoms with Crippen molar-refractivity contribution in [2.75, 3.05) is 44.0 Å². The van der Waals surface area contributed by atoms with Gasteiger partial charge in [0.05, 0.1) is 24.5 Å². The lowest BCUT2D eigenvalue weighted by Crippen LogP contribution is -2.60. The third kappa shape index (κ3) is 5.66. The van der Waals surface area contributed by atoms with Crippen LogP contribution in [-0.2, 0) is 4.79 Å². The molecule has 198 valence electrons. The smallest absolute Gasteiger partial charge is 0.271 e. The molecule has 1 saturated heterocycles. The van der Waals surface area contributed by atoms with Crippen LogP contribution in [0.1, 0.15) is 35.3 Å². The molecule has 2 aromatic rings. The number of carbonyl (C=O) groups excluding carboxylic acids is 2. The summed E-state index contributed by atoms with van der Waals surface area (Å²) in [5, 5.41) is 7.98. The minimum atomic E-state index is -0.722. The van der Waals surface area contributed by atoms with E-state index in [0.29, 0.717) is 41.7 Å². The highest BCUT2D eigenvalue weighted by Crippen LogP contribution is 2.47. The Morgan fingerprint density at radius 2 is 2.16 bits per heavy atom. The number of benzene rings is 1. The fourth-order valence-corrected chi connectivity index (χ4v) is 5.20. The highest BCUT2D eigenvalue weighted by atomic mass is 35.5. The van der Waals surface area contributed by atoms with E-state index >= 15 is 0 Å². The molecule has 2 atom stereocenters. The maximum atomic E-state index is 13.4. The highest BCUT2D eigenvalue weighted by molar-refractivity contribution is 6.35. The van der Waals surface area contributed by atoms with E-state index in [9.17, 15) is 9.59 Å². The van der Waals surface area contributed by atoms with Crippen molar-refractivity contribution >= 4 is 34.8 Å². The average Bonchev–Trinajstić information content (AvgIpc) is 3.12. The van der Waals surface area contributed by atoms with E-state index in [2.05, 4.69) is 15.6 Å². The van der Waals surface area contributed by atoms with Gasteiger partial charge in [0.25, 0.3) is 5.91 Å². The largest absolute Gasteiger partial charge is 0.495 e. The fourth-order valence-electron chi connectivity index (χ4n) is 4.86. The summed E-state index contributed by atoms with van der Waals surface area (Å²) in [7, 11) is 3.39. The second-order valence-corrected chi connectivity index (χ2v) is 9.57. The Morgan fingerprint density at radius 3 is 2.89 bits per heavy atom. The number of likely N-dealkylation sites (tertiary alicyclic amines) is 1. The van der Waals surface area contributed by atoms with Gasteiger partial charge in [-0.25, -0.2) is 10.9 Å². The van der Waals surface area contributed by atoms with Gasteiger partial charge in [0.15, 0.2) is 6.29 Å². The van der Waals surface area contributed by atoms with E-state index in [4.69, 9.17) is 22.2 Å². The van der Waals surface area contributed by atoms with E-state index < -0.39 is 6.29 Å². The summed E-state index contributed by atoms with van der Waals surface area (Å²) in [6.07, 6.45) is 6.88. The number of fused-ring (bicyclic) bond motifs is 1. The Hall–Kier alpha value is -3.34. The maximum absolute atomic E-state index is 13.4. The number of nitrogens with two attached hydrogens (primary N) is 1. The Balaban J connectivity index is 1.70. The molecule has 2 aliphatic rings. The number of ether oxygens (including phenoxy) is 1. The summed E-state index contributed by atoms with van der Waals surface area (Å²) in [4.78, 5) is 34.5. The van der Waals surface area contributed by atoms with Crippen molar-refractivity contribution < 1.29 is 14.3 Å². The second kappa shape index (κ2) is 11.8. The number of pyridine rings is 1. The maximum Gasteiger partial charge on any atom is 0.271 e. The first kappa shape index (κ1) is 26.7. The van der Waals surface area contributed by atoms with Crippen LogP contribution >= 0.6 is 11.6 Å². The number of rotatable bonds is 7. The molecule has 10 nitrogen and oxygen atoms in total. The lowest BCUT2D eigenvalue weighted by atomic mass is 10.1. The summed E-state index contributed by atoms with van der Waals surface area (Å²) in [6, 6.07) is 6.84. The van der Waals surface area contributed by atoms with Crippen LogP contribution in [0.3, 0.4) is 0 Å². The molecule has 0 radical (unpaired) electrons. The van der Waals surface area contributed by atoms with Crippen LogP contribution in [0.4, 0.5) is 11.4 Å². The molecule has 2 aliphatic heterocycles. The highest BCUT2D eigenvalue weighted by Gasteiger charge is 2.42. The van der Waals surface area contributed by atoms with Gasteiger partial charge in [0.2, 0.25) is 5.91 Å². The monoisotopic (exact) mass is 527 g/mol. The Bertz CT molecular complexity index is 1170. The Kier molecular flexibility index (Phi) is 8.52. The van der Waals surface area contributed by atoms with Crippen LogP contribution in [0.5, 0.6) is 5.75 Å². The van der Waals surface area contributed by atoms with Gasteiger partial charge in [0, 0.05) is 43.2 Å². The quantitative estimate of drug-likeness (QED) is 0.218. The predicted molar refractivity (Wildman–Crippen MR) is 145 cm³/mol. The molecule has 3 heterocycles. The summed E-state index contributed by atoms with van der Waals surface area (Å²) in [6.45, 7) is 3.56. The zero-order valence-electron chi connectivity index (χ0n) is 21.4. The number of anilines is 2. The van der Waals surface area contributed by atoms with Crippen LogP contribution < -0.4 is 26.1 Å². The van der Waals surface area contributed by atoms with Gasteiger partial charge in [-0.3, -0.25) is 14.6 Å². The standard InChI is InChI=1S/C26H34ClN7O3/c1-17-15-18(11-13-30-17)25(36)34(28)26-31-20-9-10-21(37-3)23(27)24(20)33(26)19-7-4-5-14-32(16-19)22(35)8-6-12-29-2/h6,8-11,13,15,19,26,29,31H,4-5,7,12,14,16,28H2,1-3H3/b8-6+/t19-,26?/m1/s1. The normalized spacial score (nSPS) is 19.4. The second-order valence-electron chi connectivity index (χ2n) is 9.20. The SMILES string of the molecule is CNC/C=C/C(=O)N1CCCC[C@@H](N2c3c(ccc(OC)c3Cl)NC2N(N)C(=O)c2ccnc(C)c2)C1. The Labute approximate surface area is 222 Å². The molecular formula is C26H34ClN7O3. The average molecular weight is 528 g/mol. The number of hydrogen-bond donors (Lipinski definition) is 3. The number of nitrogens with one attached hydrogen (secondary N) is 2. The fraction of sp³-hybridized carbons (Fsp3) is 0.423. The molecule has 37 heavy (non-hydrogen) atoms. The summed E-state index contributed by atoms with van der Waals surface area (Å²) in [5.41, 5.74) is 2.59. The van der Waals surface area contributed by atoms with Crippen molar-refractivity contribution in [1.82, 2.24) is 20.2 Å². The van der Waals surface area contributed by atoms with Crippen molar-refractivity contribution in [2.45, 2.75) is 38.5 Å². The summed E-state index contributed by atoms with van der Waals surface area (Å²) in [5.74, 6) is 6.61. The molecule has 11 heteroatoms. The number of hydrogen-bond acceptors (Lipinski definition) is 8. The first-order valence-corrected chi connectivity index (χ1v) is 12.8. The van der Waals surface area contributed by atoms with Crippen molar-refractivity contribution in [1.29, 1.82) is 0 Å². The summed E-state index contributed by atoms with van der Waals surface area (Å²) < 4.78 is 5.49. The number of amides is 2. The van der Waals surface area contributed by atoms with Gasteiger partial charge in [-0.2, -0.15) is 0 Å². The minimum Gasteiger partial charge on any atom is -0.495 e. The molecule has 1 unspecified atom stereocenters. The summed E-state index contributed by atoms with van der Waals surface area (Å²) >= 11 is 6.82. The molecule has 0 bridgehead atoms. The third-order valence-corrected chi connectivity index (χ3v) is 7.05. The number of methoxy groups -OCH3 is 1. The van der Waals surface area contributed by atoms with Crippen LogP contribution in [0.15, 0.2) is 42.6 Å². The third-order valence-electron chi connectivity index (χ3n) is 6.68. The van der Waals surface area contributed by atoms with Gasteiger partial charge in [-0.05, 0) is 57.5 Å². The van der Waals surface area contributed by atoms with Crippen molar-refractivity contribution in [3.8, 4) is 5.75 Å².